The minimum atomic E-state index is -1.14. The van der Waals surface area contributed by atoms with E-state index in [0.29, 0.717) is 5.56 Å². The number of hydrogen-bond donors (Lipinski definition) is 0. The van der Waals surface area contributed by atoms with Crippen molar-refractivity contribution < 1.29 is 83.5 Å². The van der Waals surface area contributed by atoms with Crippen LogP contribution < -0.4 is 61.6 Å². The molecule has 0 atom stereocenters. The summed E-state index contributed by atoms with van der Waals surface area (Å²) in [7, 11) is 0. The SMILES string of the molecule is O=C([O-])CCN=Cc1ccccc1[O-].[Cu+2].[K+].[N-]=C=S. The van der Waals surface area contributed by atoms with Crippen molar-refractivity contribution in [2.75, 3.05) is 6.54 Å². The van der Waals surface area contributed by atoms with Gasteiger partial charge in [0.1, 0.15) is 0 Å². The maximum atomic E-state index is 11.1. The van der Waals surface area contributed by atoms with Crippen molar-refractivity contribution in [3.8, 4) is 5.75 Å². The smallest absolute Gasteiger partial charge is 0.872 e. The number of carbonyl (C=O) groups is 1. The van der Waals surface area contributed by atoms with Gasteiger partial charge in [0.25, 0.3) is 0 Å². The minimum absolute atomic E-state index is 0. The van der Waals surface area contributed by atoms with E-state index in [-0.39, 0.29) is 87.2 Å². The predicted molar refractivity (Wildman–Crippen MR) is 63.9 cm³/mol. The molecule has 0 saturated carbocycles. The topological polar surface area (TPSA) is 97.8 Å². The molecule has 0 amide bonds. The first-order chi connectivity index (χ1) is 8.11. The van der Waals surface area contributed by atoms with Gasteiger partial charge in [0, 0.05) is 25.1 Å². The van der Waals surface area contributed by atoms with Crippen LogP contribution in [0.5, 0.6) is 5.75 Å². The zero-order valence-corrected chi connectivity index (χ0v) is 15.0. The van der Waals surface area contributed by atoms with Crippen LogP contribution in [0.25, 0.3) is 5.41 Å². The number of hydrogen-bond acceptors (Lipinski definition) is 5. The molecule has 5 nitrogen and oxygen atoms in total. The average Bonchev–Trinajstić information content (AvgIpc) is 2.27. The maximum absolute atomic E-state index is 11.1. The number of carboxylic acids is 1. The van der Waals surface area contributed by atoms with E-state index in [4.69, 9.17) is 5.41 Å². The third-order valence-corrected chi connectivity index (χ3v) is 1.59. The number of nitrogens with zero attached hydrogens (tertiary/aromatic N) is 2. The Labute approximate surface area is 169 Å². The fourth-order valence-corrected chi connectivity index (χ4v) is 0.906. The molecular formula is C11H9CuKN2O3S. The standard InChI is InChI=1S/C10H11NO3.CNS.Cu.K/c12-9-4-2-1-3-8(9)7-11-6-5-10(13)14;2-1-3;;/h1-4,7,12H,5-6H2,(H,13,14);;;/q;-1;+2;+1/p-2. The molecule has 19 heavy (non-hydrogen) atoms. The van der Waals surface area contributed by atoms with E-state index in [0.717, 1.165) is 0 Å². The van der Waals surface area contributed by atoms with Crippen LogP contribution in [0.1, 0.15) is 12.0 Å². The van der Waals surface area contributed by atoms with Crippen molar-refractivity contribution in [1.82, 2.24) is 0 Å². The molecule has 99 valence electrons. The second-order valence-electron chi connectivity index (χ2n) is 2.79. The number of para-hydroxylation sites is 1. The molecule has 0 heterocycles. The molecule has 8 heteroatoms. The van der Waals surface area contributed by atoms with Gasteiger partial charge in [-0.3, -0.25) is 4.99 Å². The molecule has 0 N–H and O–H groups in total. The summed E-state index contributed by atoms with van der Waals surface area (Å²) in [6.45, 7) is 0.136. The molecule has 0 spiro atoms. The van der Waals surface area contributed by atoms with Gasteiger partial charge in [0.15, 0.2) is 0 Å². The van der Waals surface area contributed by atoms with E-state index < -0.39 is 5.97 Å². The van der Waals surface area contributed by atoms with Crippen LogP contribution >= 0.6 is 12.2 Å². The van der Waals surface area contributed by atoms with Crippen LogP contribution in [0.4, 0.5) is 0 Å². The molecule has 0 aliphatic heterocycles. The van der Waals surface area contributed by atoms with E-state index in [9.17, 15) is 15.0 Å². The molecule has 0 saturated heterocycles. The second-order valence-corrected chi connectivity index (χ2v) is 2.97. The summed E-state index contributed by atoms with van der Waals surface area (Å²) >= 11 is 3.70. The molecule has 0 fully saturated rings. The number of rotatable bonds is 4. The number of carbonyl (C=O) groups excluding carboxylic acids is 1. The van der Waals surface area contributed by atoms with Crippen molar-refractivity contribution >= 4 is 29.6 Å². The van der Waals surface area contributed by atoms with Gasteiger partial charge in [-0.15, -0.1) is 5.75 Å². The van der Waals surface area contributed by atoms with Gasteiger partial charge in [-0.1, -0.05) is 36.5 Å². The van der Waals surface area contributed by atoms with Gasteiger partial charge in [0.05, 0.1) is 0 Å². The summed E-state index contributed by atoms with van der Waals surface area (Å²) in [5.74, 6) is -1.26. The Hall–Kier alpha value is 0.116. The Kier molecular flexibility index (Phi) is 20.6. The van der Waals surface area contributed by atoms with Crippen molar-refractivity contribution in [2.24, 2.45) is 4.99 Å². The summed E-state index contributed by atoms with van der Waals surface area (Å²) in [5.41, 5.74) is 0.464. The fourth-order valence-electron chi connectivity index (χ4n) is 0.906. The van der Waals surface area contributed by atoms with Crippen LogP contribution in [0.3, 0.4) is 0 Å². The minimum Gasteiger partial charge on any atom is -0.872 e. The van der Waals surface area contributed by atoms with Crippen LogP contribution in [-0.2, 0) is 21.9 Å². The molecule has 1 rings (SSSR count). The number of aliphatic carboxylic acids is 1. The third kappa shape index (κ3) is 14.3. The monoisotopic (exact) mass is 351 g/mol. The molecular weight excluding hydrogens is 343 g/mol. The van der Waals surface area contributed by atoms with Gasteiger partial charge < -0.3 is 20.4 Å². The van der Waals surface area contributed by atoms with Crippen LogP contribution in [0.2, 0.25) is 0 Å². The van der Waals surface area contributed by atoms with Gasteiger partial charge >= 0.3 is 68.5 Å². The van der Waals surface area contributed by atoms with Crippen molar-refractivity contribution in [2.45, 2.75) is 6.42 Å². The van der Waals surface area contributed by atoms with Gasteiger partial charge in [-0.05, 0) is 5.56 Å². The van der Waals surface area contributed by atoms with Crippen LogP contribution in [0, 0.1) is 0 Å². The molecule has 0 unspecified atom stereocenters. The largest absolute Gasteiger partial charge is 2.00 e. The summed E-state index contributed by atoms with van der Waals surface area (Å²) < 4.78 is 0. The first-order valence-electron chi connectivity index (χ1n) is 4.58. The second kappa shape index (κ2) is 16.2. The van der Waals surface area contributed by atoms with Gasteiger partial charge in [0.2, 0.25) is 0 Å². The van der Waals surface area contributed by atoms with Crippen molar-refractivity contribution in [3.05, 3.63) is 35.2 Å². The van der Waals surface area contributed by atoms with Crippen molar-refractivity contribution in [1.29, 1.82) is 0 Å². The average molecular weight is 352 g/mol. The summed E-state index contributed by atoms with van der Waals surface area (Å²) in [4.78, 5) is 13.8. The molecule has 0 aliphatic rings. The number of benzene rings is 1. The van der Waals surface area contributed by atoms with Crippen molar-refractivity contribution in [3.63, 3.8) is 0 Å². The fraction of sp³-hybridized carbons (Fsp3) is 0.182. The molecule has 1 aromatic rings. The molecule has 1 radical (unpaired) electrons. The Morgan fingerprint density at radius 1 is 1.47 bits per heavy atom. The summed E-state index contributed by atoms with van der Waals surface area (Å²) in [6, 6.07) is 6.42. The quantitative estimate of drug-likeness (QED) is 0.327. The molecule has 1 aromatic carbocycles. The normalized spacial score (nSPS) is 8.21. The number of aliphatic imine (C=N–C) groups is 1. The van der Waals surface area contributed by atoms with Crippen LogP contribution in [-0.4, -0.2) is 23.9 Å². The zero-order chi connectivity index (χ0) is 13.1. The summed E-state index contributed by atoms with van der Waals surface area (Å²) in [6.07, 6.45) is 1.25. The Balaban J connectivity index is -0.000000468. The van der Waals surface area contributed by atoms with E-state index in [1.165, 1.54) is 17.4 Å². The van der Waals surface area contributed by atoms with E-state index >= 15 is 0 Å². The van der Waals surface area contributed by atoms with Gasteiger partial charge in [-0.25, -0.2) is 0 Å². The zero-order valence-electron chi connectivity index (χ0n) is 10.1. The number of thiocarbonyl (C=S) groups is 1. The Bertz CT molecular complexity index is 438. The Morgan fingerprint density at radius 3 is 2.47 bits per heavy atom. The van der Waals surface area contributed by atoms with E-state index in [1.54, 1.807) is 18.2 Å². The van der Waals surface area contributed by atoms with E-state index in [2.05, 4.69) is 17.2 Å². The first-order valence-corrected chi connectivity index (χ1v) is 4.99. The predicted octanol–water partition coefficient (Wildman–Crippen LogP) is -3.02. The first kappa shape index (κ1) is 24.2. The number of isothiocyanates is 1. The molecule has 0 bridgehead atoms. The van der Waals surface area contributed by atoms with Crippen LogP contribution in [0.15, 0.2) is 29.3 Å². The van der Waals surface area contributed by atoms with E-state index in [1.807, 2.05) is 0 Å². The maximum Gasteiger partial charge on any atom is 2.00 e. The summed E-state index contributed by atoms with van der Waals surface area (Å²) in [5, 5.41) is 29.6. The van der Waals surface area contributed by atoms with Gasteiger partial charge in [-0.2, -0.15) is 5.16 Å². The third-order valence-electron chi connectivity index (χ3n) is 1.59. The number of carboxylic acid groups (broad SMARTS) is 1. The Morgan fingerprint density at radius 2 is 2.00 bits per heavy atom. The molecule has 0 aromatic heterocycles. The molecule has 0 aliphatic carbocycles.